The van der Waals surface area contributed by atoms with Crippen molar-refractivity contribution in [3.05, 3.63) is 53.3 Å². The van der Waals surface area contributed by atoms with Crippen LogP contribution in [0.15, 0.2) is 42.2 Å². The van der Waals surface area contributed by atoms with Crippen LogP contribution in [0.2, 0.25) is 0 Å². The van der Waals surface area contributed by atoms with E-state index in [1.54, 1.807) is 25.0 Å². The molecule has 0 aromatic heterocycles. The molecule has 3 rings (SSSR count). The molecule has 0 N–H and O–H groups in total. The minimum absolute atomic E-state index is 0.0127. The summed E-state index contributed by atoms with van der Waals surface area (Å²) >= 11 is 5.49. The minimum Gasteiger partial charge on any atom is -0.497 e. The number of methoxy groups -OCH3 is 1. The molecule has 2 aliphatic rings. The fourth-order valence-electron chi connectivity index (χ4n) is 3.57. The van der Waals surface area contributed by atoms with Gasteiger partial charge in [-0.25, -0.2) is 0 Å². The van der Waals surface area contributed by atoms with E-state index in [2.05, 4.69) is 0 Å². The number of hydrogen-bond donors (Lipinski definition) is 0. The zero-order valence-electron chi connectivity index (χ0n) is 15.9. The summed E-state index contributed by atoms with van der Waals surface area (Å²) in [4.78, 5) is 15.7. The lowest BCUT2D eigenvalue weighted by Gasteiger charge is -2.34. The van der Waals surface area contributed by atoms with Gasteiger partial charge in [-0.3, -0.25) is 9.69 Å². The molecule has 9 heteroatoms. The molecule has 0 saturated carbocycles. The lowest BCUT2D eigenvalue weighted by molar-refractivity contribution is -0.137. The first kappa shape index (κ1) is 20.9. The molecule has 0 bridgehead atoms. The molecule has 152 valence electrons. The van der Waals surface area contributed by atoms with Crippen molar-refractivity contribution in [1.29, 1.82) is 5.26 Å². The Morgan fingerprint density at radius 3 is 2.52 bits per heavy atom. The van der Waals surface area contributed by atoms with Gasteiger partial charge in [-0.2, -0.15) is 18.4 Å². The number of alkyl halides is 3. The first-order valence-electron chi connectivity index (χ1n) is 8.81. The number of halogens is 3. The Hall–Kier alpha value is -2.86. The highest BCUT2D eigenvalue weighted by molar-refractivity contribution is 7.80. The molecular weight excluding hydrogens is 403 g/mol. The molecule has 1 aromatic carbocycles. The highest BCUT2D eigenvalue weighted by atomic mass is 32.1. The van der Waals surface area contributed by atoms with Crippen molar-refractivity contribution in [2.24, 2.45) is 5.92 Å². The van der Waals surface area contributed by atoms with Crippen molar-refractivity contribution in [2.45, 2.75) is 32.1 Å². The molecule has 0 radical (unpaired) electrons. The van der Waals surface area contributed by atoms with E-state index in [-0.39, 0.29) is 22.8 Å². The number of anilines is 1. The highest BCUT2D eigenvalue weighted by Gasteiger charge is 2.45. The van der Waals surface area contributed by atoms with Crippen LogP contribution in [-0.4, -0.2) is 35.1 Å². The standard InChI is InChI=1S/C20H18F3N3O2S/c1-11-8-15(28-3)6-7-17(11)25-12(2)18(27)26(19(25)29)14-5-4-13(10-24)16(9-14)20(21,22)23/h4-9,11-12,17H,1-3H3. The smallest absolute Gasteiger partial charge is 0.417 e. The summed E-state index contributed by atoms with van der Waals surface area (Å²) in [5.41, 5.74) is -1.62. The van der Waals surface area contributed by atoms with Gasteiger partial charge in [0.2, 0.25) is 0 Å². The average Bonchev–Trinajstić information content (AvgIpc) is 2.89. The Morgan fingerprint density at radius 2 is 1.97 bits per heavy atom. The van der Waals surface area contributed by atoms with Crippen molar-refractivity contribution in [3.8, 4) is 6.07 Å². The van der Waals surface area contributed by atoms with Crippen LogP contribution in [0.3, 0.4) is 0 Å². The van der Waals surface area contributed by atoms with Gasteiger partial charge in [-0.15, -0.1) is 0 Å². The molecule has 1 saturated heterocycles. The Kier molecular flexibility index (Phi) is 5.41. The number of benzene rings is 1. The summed E-state index contributed by atoms with van der Waals surface area (Å²) in [6, 6.07) is 3.79. The number of carbonyl (C=O) groups excluding carboxylic acids is 1. The molecule has 1 aromatic rings. The predicted octanol–water partition coefficient (Wildman–Crippen LogP) is 4.00. The second-order valence-electron chi connectivity index (χ2n) is 6.86. The van der Waals surface area contributed by atoms with Gasteiger partial charge in [-0.1, -0.05) is 13.0 Å². The van der Waals surface area contributed by atoms with E-state index in [0.717, 1.165) is 17.0 Å². The lowest BCUT2D eigenvalue weighted by Crippen LogP contribution is -2.45. The first-order valence-corrected chi connectivity index (χ1v) is 9.22. The number of rotatable bonds is 3. The van der Waals surface area contributed by atoms with Crippen LogP contribution in [0, 0.1) is 17.2 Å². The second-order valence-corrected chi connectivity index (χ2v) is 7.23. The van der Waals surface area contributed by atoms with Crippen LogP contribution in [0.5, 0.6) is 0 Å². The molecule has 0 spiro atoms. The molecule has 1 aliphatic carbocycles. The maximum Gasteiger partial charge on any atom is 0.417 e. The molecule has 29 heavy (non-hydrogen) atoms. The zero-order valence-corrected chi connectivity index (χ0v) is 16.7. The number of amides is 1. The van der Waals surface area contributed by atoms with Crippen molar-refractivity contribution in [2.75, 3.05) is 12.0 Å². The van der Waals surface area contributed by atoms with Gasteiger partial charge in [0, 0.05) is 5.92 Å². The summed E-state index contributed by atoms with van der Waals surface area (Å²) in [7, 11) is 1.56. The fourth-order valence-corrected chi connectivity index (χ4v) is 4.05. The SMILES string of the molecule is COC1=CC(C)C(N2C(=S)N(c3ccc(C#N)c(C(F)(F)F)c3)C(=O)C2C)C=C1. The number of ether oxygens (including phenoxy) is 1. The lowest BCUT2D eigenvalue weighted by atomic mass is 9.94. The maximum absolute atomic E-state index is 13.3. The van der Waals surface area contributed by atoms with Gasteiger partial charge in [0.25, 0.3) is 5.91 Å². The van der Waals surface area contributed by atoms with Crippen LogP contribution >= 0.6 is 12.2 Å². The van der Waals surface area contributed by atoms with E-state index in [1.807, 2.05) is 19.1 Å². The Balaban J connectivity index is 1.98. The van der Waals surface area contributed by atoms with Crippen LogP contribution in [0.25, 0.3) is 0 Å². The van der Waals surface area contributed by atoms with Crippen molar-refractivity contribution < 1.29 is 22.7 Å². The number of thiocarbonyl (C=S) groups is 1. The first-order chi connectivity index (χ1) is 13.6. The summed E-state index contributed by atoms with van der Waals surface area (Å²) in [5, 5.41) is 9.10. The van der Waals surface area contributed by atoms with Crippen molar-refractivity contribution in [3.63, 3.8) is 0 Å². The van der Waals surface area contributed by atoms with Gasteiger partial charge >= 0.3 is 6.18 Å². The van der Waals surface area contributed by atoms with Crippen LogP contribution in [0.1, 0.15) is 25.0 Å². The molecular formula is C20H18F3N3O2S. The number of nitriles is 1. The van der Waals surface area contributed by atoms with Crippen LogP contribution < -0.4 is 4.90 Å². The van der Waals surface area contributed by atoms with E-state index in [4.69, 9.17) is 22.2 Å². The summed E-state index contributed by atoms with van der Waals surface area (Å²) in [5.74, 6) is 0.237. The number of allylic oxidation sites excluding steroid dienone is 1. The molecule has 1 heterocycles. The van der Waals surface area contributed by atoms with Gasteiger partial charge in [0.15, 0.2) is 5.11 Å². The number of hydrogen-bond acceptors (Lipinski definition) is 4. The largest absolute Gasteiger partial charge is 0.497 e. The van der Waals surface area contributed by atoms with Gasteiger partial charge in [0.05, 0.1) is 36.0 Å². The van der Waals surface area contributed by atoms with Gasteiger partial charge < -0.3 is 9.64 Å². The van der Waals surface area contributed by atoms with E-state index in [9.17, 15) is 18.0 Å². The quantitative estimate of drug-likeness (QED) is 0.691. The van der Waals surface area contributed by atoms with Crippen molar-refractivity contribution in [1.82, 2.24) is 4.90 Å². The van der Waals surface area contributed by atoms with E-state index < -0.39 is 29.3 Å². The molecule has 1 amide bonds. The van der Waals surface area contributed by atoms with Gasteiger partial charge in [-0.05, 0) is 49.5 Å². The topological polar surface area (TPSA) is 56.6 Å². The Morgan fingerprint density at radius 1 is 1.28 bits per heavy atom. The normalized spacial score (nSPS) is 24.6. The molecule has 5 nitrogen and oxygen atoms in total. The molecule has 1 aliphatic heterocycles. The number of carbonyl (C=O) groups is 1. The van der Waals surface area contributed by atoms with E-state index in [1.165, 1.54) is 12.1 Å². The van der Waals surface area contributed by atoms with Crippen LogP contribution in [-0.2, 0) is 15.7 Å². The fraction of sp³-hybridized carbons (Fsp3) is 0.350. The molecule has 3 unspecified atom stereocenters. The van der Waals surface area contributed by atoms with E-state index >= 15 is 0 Å². The monoisotopic (exact) mass is 421 g/mol. The highest BCUT2D eigenvalue weighted by Crippen LogP contribution is 2.37. The van der Waals surface area contributed by atoms with E-state index in [0.29, 0.717) is 5.76 Å². The average molecular weight is 421 g/mol. The third-order valence-corrected chi connectivity index (χ3v) is 5.47. The third-order valence-electron chi connectivity index (χ3n) is 5.07. The number of nitrogens with zero attached hydrogens (tertiary/aromatic N) is 3. The Labute approximate surface area is 171 Å². The van der Waals surface area contributed by atoms with Gasteiger partial charge in [0.1, 0.15) is 11.8 Å². The molecule has 3 atom stereocenters. The zero-order chi connectivity index (χ0) is 21.5. The van der Waals surface area contributed by atoms with Crippen molar-refractivity contribution >= 4 is 28.9 Å². The minimum atomic E-state index is -4.72. The predicted molar refractivity (Wildman–Crippen MR) is 105 cm³/mol. The Bertz CT molecular complexity index is 965. The molecule has 1 fully saturated rings. The second kappa shape index (κ2) is 7.52. The third kappa shape index (κ3) is 3.60. The van der Waals surface area contributed by atoms with Crippen LogP contribution in [0.4, 0.5) is 18.9 Å². The summed E-state index contributed by atoms with van der Waals surface area (Å²) in [6.07, 6.45) is 0.814. The summed E-state index contributed by atoms with van der Waals surface area (Å²) in [6.45, 7) is 3.61. The maximum atomic E-state index is 13.3. The summed E-state index contributed by atoms with van der Waals surface area (Å²) < 4.78 is 45.2.